The number of anilines is 2. The Labute approximate surface area is 124 Å². The van der Waals surface area contributed by atoms with Crippen LogP contribution in [0.4, 0.5) is 10.8 Å². The molecule has 4 heteroatoms. The first-order chi connectivity index (χ1) is 9.69. The maximum Gasteiger partial charge on any atom is 0.190 e. The topological polar surface area (TPSA) is 42.2 Å². The molecule has 2 aromatic rings. The van der Waals surface area contributed by atoms with Gasteiger partial charge in [0.25, 0.3) is 0 Å². The van der Waals surface area contributed by atoms with E-state index in [-0.39, 0.29) is 6.04 Å². The van der Waals surface area contributed by atoms with Gasteiger partial charge in [-0.05, 0) is 43.4 Å². The largest absolute Gasteiger partial charge is 0.323 e. The van der Waals surface area contributed by atoms with E-state index in [0.717, 1.165) is 30.8 Å². The molecule has 0 bridgehead atoms. The highest BCUT2D eigenvalue weighted by atomic mass is 32.1. The highest BCUT2D eigenvalue weighted by Crippen LogP contribution is 2.37. The minimum absolute atomic E-state index is 0.181. The average Bonchev–Trinajstić information content (AvgIpc) is 2.92. The summed E-state index contributed by atoms with van der Waals surface area (Å²) in [5, 5.41) is 1.05. The van der Waals surface area contributed by atoms with Crippen LogP contribution in [-0.4, -0.2) is 12.0 Å². The molecule has 1 aromatic heterocycles. The molecule has 1 aliphatic rings. The molecular weight excluding hydrogens is 266 g/mol. The fourth-order valence-corrected chi connectivity index (χ4v) is 3.78. The van der Waals surface area contributed by atoms with Crippen molar-refractivity contribution in [2.24, 2.45) is 5.73 Å². The van der Waals surface area contributed by atoms with Crippen LogP contribution in [0.2, 0.25) is 0 Å². The van der Waals surface area contributed by atoms with E-state index in [1.165, 1.54) is 21.8 Å². The molecule has 1 atom stereocenters. The molecule has 1 heterocycles. The van der Waals surface area contributed by atoms with Crippen molar-refractivity contribution in [3.8, 4) is 0 Å². The van der Waals surface area contributed by atoms with Crippen molar-refractivity contribution >= 4 is 22.2 Å². The van der Waals surface area contributed by atoms with E-state index >= 15 is 0 Å². The summed E-state index contributed by atoms with van der Waals surface area (Å²) in [5.41, 5.74) is 9.94. The van der Waals surface area contributed by atoms with E-state index in [1.54, 1.807) is 11.3 Å². The number of hydrogen-bond acceptors (Lipinski definition) is 4. The maximum atomic E-state index is 6.19. The molecule has 2 N–H and O–H groups in total. The van der Waals surface area contributed by atoms with Crippen molar-refractivity contribution in [3.05, 3.63) is 40.4 Å². The standard InChI is InChI=1S/C16H21N3S/c1-3-11-7-9-12(10-8-11)19(2)16-18-14-6-4-5-13(17)15(14)20-16/h7-10,13H,3-6,17H2,1-2H3. The molecule has 1 unspecified atom stereocenters. The van der Waals surface area contributed by atoms with Gasteiger partial charge in [-0.3, -0.25) is 0 Å². The second kappa shape index (κ2) is 5.54. The normalized spacial score (nSPS) is 17.9. The van der Waals surface area contributed by atoms with Crippen LogP contribution in [0, 0.1) is 0 Å². The lowest BCUT2D eigenvalue weighted by molar-refractivity contribution is 0.573. The molecule has 106 valence electrons. The van der Waals surface area contributed by atoms with E-state index in [1.807, 2.05) is 0 Å². The van der Waals surface area contributed by atoms with E-state index in [2.05, 4.69) is 43.1 Å². The molecule has 0 fully saturated rings. The molecule has 0 saturated carbocycles. The third-order valence-electron chi connectivity index (χ3n) is 4.00. The van der Waals surface area contributed by atoms with Gasteiger partial charge in [0.05, 0.1) is 5.69 Å². The van der Waals surface area contributed by atoms with Gasteiger partial charge in [-0.1, -0.05) is 30.4 Å². The van der Waals surface area contributed by atoms with Gasteiger partial charge in [0, 0.05) is 23.7 Å². The fraction of sp³-hybridized carbons (Fsp3) is 0.438. The van der Waals surface area contributed by atoms with Crippen LogP contribution in [0.1, 0.15) is 41.9 Å². The maximum absolute atomic E-state index is 6.19. The van der Waals surface area contributed by atoms with Gasteiger partial charge in [0.2, 0.25) is 0 Å². The van der Waals surface area contributed by atoms with Crippen LogP contribution in [-0.2, 0) is 12.8 Å². The smallest absolute Gasteiger partial charge is 0.190 e. The van der Waals surface area contributed by atoms with Crippen LogP contribution < -0.4 is 10.6 Å². The number of nitrogens with two attached hydrogens (primary N) is 1. The van der Waals surface area contributed by atoms with Crippen LogP contribution in [0.25, 0.3) is 0 Å². The Balaban J connectivity index is 1.88. The fourth-order valence-electron chi connectivity index (χ4n) is 2.65. The second-order valence-electron chi connectivity index (χ2n) is 5.39. The van der Waals surface area contributed by atoms with Gasteiger partial charge in [0.1, 0.15) is 0 Å². The number of nitrogens with zero attached hydrogens (tertiary/aromatic N) is 2. The third-order valence-corrected chi connectivity index (χ3v) is 5.31. The van der Waals surface area contributed by atoms with Gasteiger partial charge >= 0.3 is 0 Å². The van der Waals surface area contributed by atoms with Crippen LogP contribution in [0.3, 0.4) is 0 Å². The zero-order valence-corrected chi connectivity index (χ0v) is 12.9. The van der Waals surface area contributed by atoms with Gasteiger partial charge in [-0.15, -0.1) is 0 Å². The molecule has 1 aromatic carbocycles. The SMILES string of the molecule is CCc1ccc(N(C)c2nc3c(s2)C(N)CCC3)cc1. The molecule has 0 saturated heterocycles. The summed E-state index contributed by atoms with van der Waals surface area (Å²) in [7, 11) is 2.08. The van der Waals surface area contributed by atoms with E-state index in [0.29, 0.717) is 0 Å². The summed E-state index contributed by atoms with van der Waals surface area (Å²) in [5.74, 6) is 0. The Bertz CT molecular complexity index is 588. The van der Waals surface area contributed by atoms with Gasteiger partial charge in [-0.2, -0.15) is 0 Å². The molecular formula is C16H21N3S. The lowest BCUT2D eigenvalue weighted by atomic mass is 9.99. The number of fused-ring (bicyclic) bond motifs is 1. The van der Waals surface area contributed by atoms with Gasteiger partial charge in [-0.25, -0.2) is 4.98 Å². The summed E-state index contributed by atoms with van der Waals surface area (Å²) in [6.07, 6.45) is 4.39. The number of hydrogen-bond donors (Lipinski definition) is 1. The third kappa shape index (κ3) is 2.45. The summed E-state index contributed by atoms with van der Waals surface area (Å²) in [4.78, 5) is 8.23. The Kier molecular flexibility index (Phi) is 3.76. The first kappa shape index (κ1) is 13.6. The second-order valence-corrected chi connectivity index (χ2v) is 6.39. The predicted molar refractivity (Wildman–Crippen MR) is 85.9 cm³/mol. The Hall–Kier alpha value is -1.39. The molecule has 1 aliphatic carbocycles. The monoisotopic (exact) mass is 287 g/mol. The highest BCUT2D eigenvalue weighted by molar-refractivity contribution is 7.15. The van der Waals surface area contributed by atoms with E-state index in [9.17, 15) is 0 Å². The Morgan fingerprint density at radius 1 is 1.35 bits per heavy atom. The van der Waals surface area contributed by atoms with Crippen LogP contribution in [0.15, 0.2) is 24.3 Å². The minimum atomic E-state index is 0.181. The van der Waals surface area contributed by atoms with Crippen molar-refractivity contribution in [1.82, 2.24) is 4.98 Å². The zero-order chi connectivity index (χ0) is 14.1. The Morgan fingerprint density at radius 2 is 2.10 bits per heavy atom. The molecule has 3 nitrogen and oxygen atoms in total. The zero-order valence-electron chi connectivity index (χ0n) is 12.1. The van der Waals surface area contributed by atoms with E-state index in [4.69, 9.17) is 10.7 Å². The van der Waals surface area contributed by atoms with Crippen molar-refractivity contribution in [2.45, 2.75) is 38.6 Å². The molecule has 0 radical (unpaired) electrons. The minimum Gasteiger partial charge on any atom is -0.323 e. The summed E-state index contributed by atoms with van der Waals surface area (Å²) in [6, 6.07) is 8.88. The number of thiazole rings is 1. The Morgan fingerprint density at radius 3 is 2.75 bits per heavy atom. The van der Waals surface area contributed by atoms with Gasteiger partial charge in [0.15, 0.2) is 5.13 Å². The number of aryl methyl sites for hydroxylation is 2. The summed E-state index contributed by atoms with van der Waals surface area (Å²) < 4.78 is 0. The summed E-state index contributed by atoms with van der Waals surface area (Å²) in [6.45, 7) is 2.18. The molecule has 3 rings (SSSR count). The number of rotatable bonds is 3. The number of aromatic nitrogens is 1. The van der Waals surface area contributed by atoms with Crippen molar-refractivity contribution in [3.63, 3.8) is 0 Å². The van der Waals surface area contributed by atoms with Crippen molar-refractivity contribution < 1.29 is 0 Å². The van der Waals surface area contributed by atoms with Crippen LogP contribution in [0.5, 0.6) is 0 Å². The quantitative estimate of drug-likeness (QED) is 0.933. The average molecular weight is 287 g/mol. The molecule has 0 amide bonds. The van der Waals surface area contributed by atoms with E-state index < -0.39 is 0 Å². The summed E-state index contributed by atoms with van der Waals surface area (Å²) >= 11 is 1.75. The van der Waals surface area contributed by atoms with Gasteiger partial charge < -0.3 is 10.6 Å². The highest BCUT2D eigenvalue weighted by Gasteiger charge is 2.23. The molecule has 20 heavy (non-hydrogen) atoms. The predicted octanol–water partition coefficient (Wildman–Crippen LogP) is 3.81. The first-order valence-electron chi connectivity index (χ1n) is 7.27. The van der Waals surface area contributed by atoms with Crippen molar-refractivity contribution in [2.75, 3.05) is 11.9 Å². The molecule has 0 aliphatic heterocycles. The lowest BCUT2D eigenvalue weighted by Gasteiger charge is -2.16. The number of benzene rings is 1. The lowest BCUT2D eigenvalue weighted by Crippen LogP contribution is -2.15. The van der Waals surface area contributed by atoms with Crippen LogP contribution >= 0.6 is 11.3 Å². The van der Waals surface area contributed by atoms with Crippen molar-refractivity contribution in [1.29, 1.82) is 0 Å². The molecule has 0 spiro atoms. The first-order valence-corrected chi connectivity index (χ1v) is 8.08.